The van der Waals surface area contributed by atoms with Gasteiger partial charge in [0.25, 0.3) is 15.9 Å². The Morgan fingerprint density at radius 3 is 2.18 bits per heavy atom. The lowest BCUT2D eigenvalue weighted by atomic mass is 10.1. The highest BCUT2D eigenvalue weighted by Gasteiger charge is 2.23. The summed E-state index contributed by atoms with van der Waals surface area (Å²) in [5, 5.41) is 0. The van der Waals surface area contributed by atoms with Crippen LogP contribution in [0.3, 0.4) is 0 Å². The van der Waals surface area contributed by atoms with E-state index in [0.717, 1.165) is 23.3 Å². The molecule has 1 N–H and O–H groups in total. The number of carbonyl (C=O) groups excluding carboxylic acids is 1. The number of benzene rings is 3. The molecule has 0 atom stereocenters. The van der Waals surface area contributed by atoms with Gasteiger partial charge in [-0.05, 0) is 66.9 Å². The fourth-order valence-electron chi connectivity index (χ4n) is 3.46. The maximum atomic E-state index is 13.1. The third kappa shape index (κ3) is 6.08. The van der Waals surface area contributed by atoms with Gasteiger partial charge < -0.3 is 14.4 Å². The molecule has 180 valence electrons. The van der Waals surface area contributed by atoms with E-state index in [4.69, 9.17) is 9.47 Å². The molecule has 34 heavy (non-hydrogen) atoms. The SMILES string of the molecule is CCOc1ccc(CN(C)C(=O)c2ccc(OC)c(S(=O)(=O)Nc3ccc(CC)cc3)c2)cc1. The normalized spacial score (nSPS) is 11.1. The number of nitrogens with zero attached hydrogens (tertiary/aromatic N) is 1. The maximum Gasteiger partial charge on any atom is 0.265 e. The fraction of sp³-hybridized carbons (Fsp3) is 0.269. The van der Waals surface area contributed by atoms with Gasteiger partial charge in [0, 0.05) is 24.8 Å². The van der Waals surface area contributed by atoms with Crippen LogP contribution in [-0.2, 0) is 23.0 Å². The number of methoxy groups -OCH3 is 1. The first-order valence-electron chi connectivity index (χ1n) is 11.0. The zero-order valence-electron chi connectivity index (χ0n) is 19.9. The van der Waals surface area contributed by atoms with Crippen LogP contribution in [0.5, 0.6) is 11.5 Å². The standard InChI is InChI=1S/C26H30N2O5S/c1-5-19-7-12-22(13-8-19)27-34(30,31)25-17-21(11-16-24(25)32-4)26(29)28(3)18-20-9-14-23(15-10-20)33-6-2/h7-17,27H,5-6,18H2,1-4H3. The van der Waals surface area contributed by atoms with Gasteiger partial charge in [-0.25, -0.2) is 8.42 Å². The first-order valence-corrected chi connectivity index (χ1v) is 12.5. The van der Waals surface area contributed by atoms with Crippen LogP contribution in [0.2, 0.25) is 0 Å². The highest BCUT2D eigenvalue weighted by atomic mass is 32.2. The van der Waals surface area contributed by atoms with Gasteiger partial charge in [-0.15, -0.1) is 0 Å². The summed E-state index contributed by atoms with van der Waals surface area (Å²) in [6.45, 7) is 4.89. The molecule has 3 rings (SSSR count). The summed E-state index contributed by atoms with van der Waals surface area (Å²) in [5.41, 5.74) is 2.71. The van der Waals surface area contributed by atoms with Crippen LogP contribution in [-0.4, -0.2) is 40.0 Å². The Hall–Kier alpha value is -3.52. The third-order valence-electron chi connectivity index (χ3n) is 5.32. The number of hydrogen-bond donors (Lipinski definition) is 1. The van der Waals surface area contributed by atoms with Crippen LogP contribution in [0.1, 0.15) is 35.3 Å². The van der Waals surface area contributed by atoms with E-state index in [1.807, 2.05) is 50.2 Å². The second kappa shape index (κ2) is 11.1. The van der Waals surface area contributed by atoms with E-state index in [1.54, 1.807) is 25.2 Å². The summed E-state index contributed by atoms with van der Waals surface area (Å²) in [5.74, 6) is 0.616. The second-order valence-corrected chi connectivity index (χ2v) is 9.41. The number of nitrogens with one attached hydrogen (secondary N) is 1. The van der Waals surface area contributed by atoms with Gasteiger partial charge in [-0.1, -0.05) is 31.2 Å². The molecule has 0 spiro atoms. The lowest BCUT2D eigenvalue weighted by molar-refractivity contribution is 0.0785. The van der Waals surface area contributed by atoms with Gasteiger partial charge >= 0.3 is 0 Å². The quantitative estimate of drug-likeness (QED) is 0.452. The molecule has 0 heterocycles. The summed E-state index contributed by atoms with van der Waals surface area (Å²) in [6, 6.07) is 19.1. The molecular formula is C26H30N2O5S. The minimum absolute atomic E-state index is 0.102. The predicted molar refractivity (Wildman–Crippen MR) is 133 cm³/mol. The van der Waals surface area contributed by atoms with Crippen LogP contribution in [0, 0.1) is 0 Å². The van der Waals surface area contributed by atoms with Crippen LogP contribution in [0.15, 0.2) is 71.6 Å². The number of carbonyl (C=O) groups is 1. The molecule has 0 radical (unpaired) electrons. The van der Waals surface area contributed by atoms with Crippen LogP contribution >= 0.6 is 0 Å². The molecule has 0 aliphatic carbocycles. The van der Waals surface area contributed by atoms with Crippen molar-refractivity contribution in [2.45, 2.75) is 31.7 Å². The molecule has 0 aliphatic heterocycles. The number of hydrogen-bond acceptors (Lipinski definition) is 5. The van der Waals surface area contributed by atoms with E-state index < -0.39 is 10.0 Å². The highest BCUT2D eigenvalue weighted by molar-refractivity contribution is 7.92. The Bertz CT molecular complexity index is 1220. The molecule has 0 bridgehead atoms. The number of anilines is 1. The Balaban J connectivity index is 1.81. The zero-order valence-corrected chi connectivity index (χ0v) is 20.7. The third-order valence-corrected chi connectivity index (χ3v) is 6.72. The van der Waals surface area contributed by atoms with Crippen molar-refractivity contribution in [3.8, 4) is 11.5 Å². The topological polar surface area (TPSA) is 84.9 Å². The molecule has 0 fully saturated rings. The minimum Gasteiger partial charge on any atom is -0.495 e. The van der Waals surface area contributed by atoms with E-state index in [1.165, 1.54) is 24.1 Å². The highest BCUT2D eigenvalue weighted by Crippen LogP contribution is 2.28. The summed E-state index contributed by atoms with van der Waals surface area (Å²) in [6.07, 6.45) is 0.856. The van der Waals surface area contributed by atoms with Crippen LogP contribution in [0.25, 0.3) is 0 Å². The molecule has 0 aromatic heterocycles. The zero-order chi connectivity index (χ0) is 24.7. The van der Waals surface area contributed by atoms with Crippen molar-refractivity contribution in [3.63, 3.8) is 0 Å². The molecule has 1 amide bonds. The van der Waals surface area contributed by atoms with Crippen molar-refractivity contribution < 1.29 is 22.7 Å². The Morgan fingerprint density at radius 1 is 0.941 bits per heavy atom. The number of sulfonamides is 1. The van der Waals surface area contributed by atoms with Crippen LogP contribution in [0.4, 0.5) is 5.69 Å². The summed E-state index contributed by atoms with van der Waals surface area (Å²) >= 11 is 0. The van der Waals surface area contributed by atoms with Crippen LogP contribution < -0.4 is 14.2 Å². The predicted octanol–water partition coefficient (Wildman–Crippen LogP) is 4.73. The Kier molecular flexibility index (Phi) is 8.17. The van der Waals surface area contributed by atoms with Gasteiger partial charge in [-0.3, -0.25) is 9.52 Å². The minimum atomic E-state index is -3.99. The van der Waals surface area contributed by atoms with E-state index in [9.17, 15) is 13.2 Å². The monoisotopic (exact) mass is 482 g/mol. The Morgan fingerprint density at radius 2 is 1.59 bits per heavy atom. The number of aryl methyl sites for hydroxylation is 1. The van der Waals surface area contributed by atoms with E-state index in [2.05, 4.69) is 4.72 Å². The van der Waals surface area contributed by atoms with Crippen molar-refractivity contribution in [3.05, 3.63) is 83.4 Å². The molecule has 3 aromatic carbocycles. The molecule has 7 nitrogen and oxygen atoms in total. The van der Waals surface area contributed by atoms with E-state index in [-0.39, 0.29) is 22.1 Å². The average molecular weight is 483 g/mol. The Labute approximate surface area is 201 Å². The van der Waals surface area contributed by atoms with Gasteiger partial charge in [0.2, 0.25) is 0 Å². The van der Waals surface area contributed by atoms with Gasteiger partial charge in [0.05, 0.1) is 13.7 Å². The molecule has 0 saturated heterocycles. The maximum absolute atomic E-state index is 13.1. The first kappa shape index (κ1) is 25.1. The van der Waals surface area contributed by atoms with Crippen molar-refractivity contribution in [2.24, 2.45) is 0 Å². The van der Waals surface area contributed by atoms with Crippen molar-refractivity contribution in [2.75, 3.05) is 25.5 Å². The first-order chi connectivity index (χ1) is 16.3. The molecular weight excluding hydrogens is 452 g/mol. The average Bonchev–Trinajstić information content (AvgIpc) is 2.84. The van der Waals surface area contributed by atoms with Crippen molar-refractivity contribution >= 4 is 21.6 Å². The fourth-order valence-corrected chi connectivity index (χ4v) is 4.72. The largest absolute Gasteiger partial charge is 0.495 e. The molecule has 3 aromatic rings. The van der Waals surface area contributed by atoms with Crippen molar-refractivity contribution in [1.29, 1.82) is 0 Å². The summed E-state index contributed by atoms with van der Waals surface area (Å²) in [7, 11) is -0.922. The molecule has 0 saturated carbocycles. The number of amides is 1. The van der Waals surface area contributed by atoms with Crippen molar-refractivity contribution in [1.82, 2.24) is 4.90 Å². The molecule has 0 aliphatic rings. The lowest BCUT2D eigenvalue weighted by Gasteiger charge is -2.19. The summed E-state index contributed by atoms with van der Waals surface area (Å²) < 4.78 is 39.5. The summed E-state index contributed by atoms with van der Waals surface area (Å²) in [4.78, 5) is 14.5. The van der Waals surface area contributed by atoms with E-state index >= 15 is 0 Å². The smallest absolute Gasteiger partial charge is 0.265 e. The number of ether oxygens (including phenoxy) is 2. The molecule has 8 heteroatoms. The van der Waals surface area contributed by atoms with Gasteiger partial charge in [0.15, 0.2) is 0 Å². The molecule has 0 unspecified atom stereocenters. The lowest BCUT2D eigenvalue weighted by Crippen LogP contribution is -2.26. The van der Waals surface area contributed by atoms with Gasteiger partial charge in [-0.2, -0.15) is 0 Å². The number of rotatable bonds is 10. The van der Waals surface area contributed by atoms with E-state index in [0.29, 0.717) is 18.8 Å². The second-order valence-electron chi connectivity index (χ2n) is 7.76. The van der Waals surface area contributed by atoms with Gasteiger partial charge in [0.1, 0.15) is 16.4 Å².